The van der Waals surface area contributed by atoms with Gasteiger partial charge in [0, 0.05) is 24.5 Å². The Morgan fingerprint density at radius 1 is 0.778 bits per heavy atom. The molecule has 0 bridgehead atoms. The molecule has 94 valence electrons. The van der Waals surface area contributed by atoms with Crippen LogP contribution in [0.25, 0.3) is 0 Å². The van der Waals surface area contributed by atoms with Gasteiger partial charge in [-0.25, -0.2) is 0 Å². The lowest BCUT2D eigenvalue weighted by Gasteiger charge is -2.22. The van der Waals surface area contributed by atoms with E-state index in [1.54, 1.807) is 12.2 Å². The first kappa shape index (κ1) is 12.4. The SMILES string of the molecule is CCNC1=C2C(=O)C=CC(NCC)=C2C(=O)C=C1. The minimum Gasteiger partial charge on any atom is -0.385 e. The van der Waals surface area contributed by atoms with Gasteiger partial charge in [0.05, 0.1) is 11.1 Å². The third-order valence-electron chi connectivity index (χ3n) is 2.82. The summed E-state index contributed by atoms with van der Waals surface area (Å²) in [5, 5.41) is 6.24. The fourth-order valence-electron chi connectivity index (χ4n) is 2.11. The second-order valence-electron chi connectivity index (χ2n) is 4.03. The molecule has 0 aromatic heterocycles. The van der Waals surface area contributed by atoms with Crippen LogP contribution in [0.1, 0.15) is 13.8 Å². The number of rotatable bonds is 4. The molecule has 0 fully saturated rings. The molecular formula is C14H16N2O2. The lowest BCUT2D eigenvalue weighted by atomic mass is 9.86. The summed E-state index contributed by atoms with van der Waals surface area (Å²) in [7, 11) is 0. The van der Waals surface area contributed by atoms with E-state index in [9.17, 15) is 9.59 Å². The first-order valence-electron chi connectivity index (χ1n) is 6.10. The zero-order valence-electron chi connectivity index (χ0n) is 10.5. The van der Waals surface area contributed by atoms with Crippen molar-refractivity contribution in [3.8, 4) is 0 Å². The second kappa shape index (κ2) is 5.04. The predicted molar refractivity (Wildman–Crippen MR) is 69.7 cm³/mol. The van der Waals surface area contributed by atoms with Crippen molar-refractivity contribution in [3.63, 3.8) is 0 Å². The van der Waals surface area contributed by atoms with Gasteiger partial charge in [0.25, 0.3) is 0 Å². The van der Waals surface area contributed by atoms with Crippen LogP contribution in [0.5, 0.6) is 0 Å². The van der Waals surface area contributed by atoms with Crippen molar-refractivity contribution in [1.29, 1.82) is 0 Å². The van der Waals surface area contributed by atoms with Gasteiger partial charge in [-0.2, -0.15) is 0 Å². The molecule has 0 saturated heterocycles. The van der Waals surface area contributed by atoms with Gasteiger partial charge in [-0.05, 0) is 38.2 Å². The van der Waals surface area contributed by atoms with Crippen molar-refractivity contribution in [2.75, 3.05) is 13.1 Å². The van der Waals surface area contributed by atoms with E-state index in [2.05, 4.69) is 10.6 Å². The molecule has 0 aromatic rings. The largest absolute Gasteiger partial charge is 0.385 e. The van der Waals surface area contributed by atoms with E-state index in [0.29, 0.717) is 24.2 Å². The molecule has 0 radical (unpaired) electrons. The summed E-state index contributed by atoms with van der Waals surface area (Å²) >= 11 is 0. The van der Waals surface area contributed by atoms with Crippen LogP contribution >= 0.6 is 0 Å². The van der Waals surface area contributed by atoms with E-state index in [1.165, 1.54) is 12.2 Å². The van der Waals surface area contributed by atoms with Gasteiger partial charge in [-0.3, -0.25) is 9.59 Å². The van der Waals surface area contributed by atoms with Crippen LogP contribution in [-0.2, 0) is 9.59 Å². The third kappa shape index (κ3) is 2.01. The Bertz CT molecular complexity index is 474. The van der Waals surface area contributed by atoms with Crippen LogP contribution in [0.3, 0.4) is 0 Å². The average Bonchev–Trinajstić information content (AvgIpc) is 2.36. The Morgan fingerprint density at radius 2 is 1.17 bits per heavy atom. The second-order valence-corrected chi connectivity index (χ2v) is 4.03. The van der Waals surface area contributed by atoms with Crippen LogP contribution in [0.15, 0.2) is 46.8 Å². The monoisotopic (exact) mass is 244 g/mol. The molecule has 2 aliphatic rings. The molecule has 2 aliphatic carbocycles. The van der Waals surface area contributed by atoms with Crippen LogP contribution in [0.2, 0.25) is 0 Å². The molecule has 0 heterocycles. The average molecular weight is 244 g/mol. The maximum Gasteiger partial charge on any atom is 0.188 e. The van der Waals surface area contributed by atoms with E-state index < -0.39 is 0 Å². The number of nitrogens with one attached hydrogen (secondary N) is 2. The van der Waals surface area contributed by atoms with Gasteiger partial charge in [-0.15, -0.1) is 0 Å². The summed E-state index contributed by atoms with van der Waals surface area (Å²) < 4.78 is 0. The standard InChI is InChI=1S/C14H16N2O2/c1-3-15-9-5-7-12(18)14-10(16-4-2)6-8-11(17)13(9)14/h5-8,15-16H,3-4H2,1-2H3. The normalized spacial score (nSPS) is 18.3. The quantitative estimate of drug-likeness (QED) is 0.774. The minimum absolute atomic E-state index is 0.125. The van der Waals surface area contributed by atoms with Crippen LogP contribution < -0.4 is 10.6 Å². The fourth-order valence-corrected chi connectivity index (χ4v) is 2.11. The highest BCUT2D eigenvalue weighted by atomic mass is 16.1. The Hall–Kier alpha value is -2.10. The third-order valence-corrected chi connectivity index (χ3v) is 2.82. The van der Waals surface area contributed by atoms with Gasteiger partial charge in [-0.1, -0.05) is 0 Å². The maximum atomic E-state index is 12.0. The van der Waals surface area contributed by atoms with Crippen molar-refractivity contribution in [1.82, 2.24) is 10.6 Å². The van der Waals surface area contributed by atoms with Crippen LogP contribution in [0, 0.1) is 0 Å². The molecular weight excluding hydrogens is 228 g/mol. The topological polar surface area (TPSA) is 58.2 Å². The highest BCUT2D eigenvalue weighted by molar-refractivity contribution is 6.23. The van der Waals surface area contributed by atoms with Crippen molar-refractivity contribution < 1.29 is 9.59 Å². The fraction of sp³-hybridized carbons (Fsp3) is 0.286. The van der Waals surface area contributed by atoms with Crippen molar-refractivity contribution in [2.45, 2.75) is 13.8 Å². The van der Waals surface area contributed by atoms with E-state index in [-0.39, 0.29) is 11.6 Å². The first-order valence-corrected chi connectivity index (χ1v) is 6.10. The highest BCUT2D eigenvalue weighted by Gasteiger charge is 2.29. The van der Waals surface area contributed by atoms with E-state index in [1.807, 2.05) is 13.8 Å². The summed E-state index contributed by atoms with van der Waals surface area (Å²) in [5.41, 5.74) is 2.39. The molecule has 0 aliphatic heterocycles. The van der Waals surface area contributed by atoms with E-state index in [4.69, 9.17) is 0 Å². The zero-order valence-corrected chi connectivity index (χ0v) is 10.5. The van der Waals surface area contributed by atoms with Crippen molar-refractivity contribution >= 4 is 11.6 Å². The molecule has 2 rings (SSSR count). The molecule has 4 nitrogen and oxygen atoms in total. The van der Waals surface area contributed by atoms with Gasteiger partial charge < -0.3 is 10.6 Å². The number of hydrogen-bond donors (Lipinski definition) is 2. The number of carbonyl (C=O) groups is 2. The van der Waals surface area contributed by atoms with E-state index in [0.717, 1.165) is 11.4 Å². The number of fused-ring (bicyclic) bond motifs is 1. The lowest BCUT2D eigenvalue weighted by Crippen LogP contribution is -2.28. The molecule has 4 heteroatoms. The number of allylic oxidation sites excluding steroid dienone is 6. The number of ketones is 2. The summed E-state index contributed by atoms with van der Waals surface area (Å²) in [6, 6.07) is 0. The first-order chi connectivity index (χ1) is 8.69. The summed E-state index contributed by atoms with van der Waals surface area (Å²) in [6.45, 7) is 5.32. The molecule has 2 N–H and O–H groups in total. The van der Waals surface area contributed by atoms with Crippen LogP contribution in [-0.4, -0.2) is 24.7 Å². The molecule has 0 unspecified atom stereocenters. The van der Waals surface area contributed by atoms with Crippen molar-refractivity contribution in [2.24, 2.45) is 0 Å². The molecule has 18 heavy (non-hydrogen) atoms. The summed E-state index contributed by atoms with van der Waals surface area (Å²) in [5.74, 6) is -0.249. The Labute approximate surface area is 106 Å². The molecule has 0 atom stereocenters. The minimum atomic E-state index is -0.125. The molecule has 0 spiro atoms. The van der Waals surface area contributed by atoms with Gasteiger partial charge >= 0.3 is 0 Å². The van der Waals surface area contributed by atoms with Crippen LogP contribution in [0.4, 0.5) is 0 Å². The lowest BCUT2D eigenvalue weighted by molar-refractivity contribution is -0.114. The number of likely N-dealkylation sites (N-methyl/N-ethyl adjacent to an activating group) is 2. The summed E-state index contributed by atoms with van der Waals surface area (Å²) in [6.07, 6.45) is 6.35. The molecule has 0 saturated carbocycles. The highest BCUT2D eigenvalue weighted by Crippen LogP contribution is 2.28. The zero-order chi connectivity index (χ0) is 13.1. The van der Waals surface area contributed by atoms with Crippen molar-refractivity contribution in [3.05, 3.63) is 46.8 Å². The Kier molecular flexibility index (Phi) is 3.46. The smallest absolute Gasteiger partial charge is 0.188 e. The Balaban J connectivity index is 2.57. The van der Waals surface area contributed by atoms with Gasteiger partial charge in [0.2, 0.25) is 0 Å². The molecule has 0 amide bonds. The maximum absolute atomic E-state index is 12.0. The number of carbonyl (C=O) groups excluding carboxylic acids is 2. The number of hydrogen-bond acceptors (Lipinski definition) is 4. The Morgan fingerprint density at radius 3 is 1.50 bits per heavy atom. The van der Waals surface area contributed by atoms with Gasteiger partial charge in [0.1, 0.15) is 0 Å². The molecule has 0 aromatic carbocycles. The predicted octanol–water partition coefficient (Wildman–Crippen LogP) is 0.991. The van der Waals surface area contributed by atoms with Gasteiger partial charge in [0.15, 0.2) is 11.6 Å². The van der Waals surface area contributed by atoms with E-state index >= 15 is 0 Å². The summed E-state index contributed by atoms with van der Waals surface area (Å²) in [4.78, 5) is 24.0.